The number of ether oxygens (including phenoxy) is 1. The van der Waals surface area contributed by atoms with Crippen molar-refractivity contribution in [1.82, 2.24) is 5.48 Å². The predicted octanol–water partition coefficient (Wildman–Crippen LogP) is 1.98. The first kappa shape index (κ1) is 13.6. The normalized spacial score (nSPS) is 11.5. The van der Waals surface area contributed by atoms with Crippen molar-refractivity contribution in [3.8, 4) is 11.5 Å². The largest absolute Gasteiger partial charge is 0.507 e. The number of methoxy groups -OCH3 is 1. The molecule has 0 aliphatic carbocycles. The molecule has 1 aromatic carbocycles. The monoisotopic (exact) mass is 251 g/mol. The summed E-state index contributed by atoms with van der Waals surface area (Å²) >= 11 is 0. The Balaban J connectivity index is 2.42. The molecule has 1 aromatic rings. The third-order valence-corrected chi connectivity index (χ3v) is 1.89. The maximum atomic E-state index is 11.7. The summed E-state index contributed by atoms with van der Waals surface area (Å²) in [5, 5.41) is 9.48. The van der Waals surface area contributed by atoms with E-state index < -0.39 is 12.8 Å². The van der Waals surface area contributed by atoms with Gasteiger partial charge < -0.3 is 9.84 Å². The Morgan fingerprint density at radius 2 is 2.06 bits per heavy atom. The predicted molar refractivity (Wildman–Crippen MR) is 53.5 cm³/mol. The first-order valence-electron chi connectivity index (χ1n) is 4.69. The van der Waals surface area contributed by atoms with Gasteiger partial charge in [-0.2, -0.15) is 18.7 Å². The summed E-state index contributed by atoms with van der Waals surface area (Å²) < 4.78 is 40.0. The van der Waals surface area contributed by atoms with Crippen LogP contribution in [0.3, 0.4) is 0 Å². The van der Waals surface area contributed by atoms with Gasteiger partial charge in [0.1, 0.15) is 11.5 Å². The molecule has 0 radical (unpaired) electrons. The van der Waals surface area contributed by atoms with Gasteiger partial charge in [0.2, 0.25) is 0 Å². The number of phenolic OH excluding ortho intramolecular Hbond substituents is 1. The summed E-state index contributed by atoms with van der Waals surface area (Å²) in [6.07, 6.45) is -4.38. The van der Waals surface area contributed by atoms with Crippen LogP contribution >= 0.6 is 0 Å². The Labute approximate surface area is 95.9 Å². The summed E-state index contributed by atoms with van der Waals surface area (Å²) in [7, 11) is 1.44. The van der Waals surface area contributed by atoms with Gasteiger partial charge in [-0.25, -0.2) is 0 Å². The van der Waals surface area contributed by atoms with Gasteiger partial charge in [0, 0.05) is 18.2 Å². The van der Waals surface area contributed by atoms with Gasteiger partial charge in [0.25, 0.3) is 0 Å². The van der Waals surface area contributed by atoms with E-state index in [4.69, 9.17) is 4.74 Å². The summed E-state index contributed by atoms with van der Waals surface area (Å²) in [6.45, 7) is -1.42. The molecule has 0 saturated carbocycles. The zero-order valence-corrected chi connectivity index (χ0v) is 9.04. The van der Waals surface area contributed by atoms with E-state index in [0.717, 1.165) is 0 Å². The number of nitrogens with one attached hydrogen (secondary N) is 1. The Morgan fingerprint density at radius 1 is 1.35 bits per heavy atom. The van der Waals surface area contributed by atoms with Crippen LogP contribution in [0.25, 0.3) is 0 Å². The minimum Gasteiger partial charge on any atom is -0.507 e. The van der Waals surface area contributed by atoms with E-state index in [1.54, 1.807) is 6.07 Å². The first-order valence-corrected chi connectivity index (χ1v) is 4.69. The van der Waals surface area contributed by atoms with Crippen LogP contribution in [0.15, 0.2) is 18.2 Å². The van der Waals surface area contributed by atoms with Crippen molar-refractivity contribution in [3.63, 3.8) is 0 Å². The third kappa shape index (κ3) is 4.92. The lowest BCUT2D eigenvalue weighted by Crippen LogP contribution is -2.24. The zero-order valence-electron chi connectivity index (χ0n) is 9.04. The molecular formula is C10H12F3NO3. The Bertz CT molecular complexity index is 368. The number of phenols is 1. The second-order valence-electron chi connectivity index (χ2n) is 3.22. The van der Waals surface area contributed by atoms with Crippen molar-refractivity contribution in [3.05, 3.63) is 23.8 Å². The first-order chi connectivity index (χ1) is 7.92. The molecule has 0 bridgehead atoms. The van der Waals surface area contributed by atoms with Gasteiger partial charge in [-0.05, 0) is 6.07 Å². The van der Waals surface area contributed by atoms with Gasteiger partial charge >= 0.3 is 6.18 Å². The van der Waals surface area contributed by atoms with Gasteiger partial charge in [-0.15, -0.1) is 0 Å². The van der Waals surface area contributed by atoms with Crippen LogP contribution in [0.2, 0.25) is 0 Å². The zero-order chi connectivity index (χ0) is 12.9. The van der Waals surface area contributed by atoms with E-state index in [0.29, 0.717) is 11.3 Å². The average Bonchev–Trinajstić information content (AvgIpc) is 2.24. The second-order valence-corrected chi connectivity index (χ2v) is 3.22. The van der Waals surface area contributed by atoms with Crippen LogP contribution in [0.4, 0.5) is 13.2 Å². The second kappa shape index (κ2) is 5.74. The van der Waals surface area contributed by atoms with Crippen LogP contribution in [0.5, 0.6) is 11.5 Å². The fourth-order valence-electron chi connectivity index (χ4n) is 1.08. The van der Waals surface area contributed by atoms with Crippen molar-refractivity contribution in [2.45, 2.75) is 12.7 Å². The topological polar surface area (TPSA) is 50.7 Å². The van der Waals surface area contributed by atoms with E-state index >= 15 is 0 Å². The molecule has 0 spiro atoms. The molecule has 0 aliphatic heterocycles. The van der Waals surface area contributed by atoms with Crippen LogP contribution in [-0.2, 0) is 11.4 Å². The van der Waals surface area contributed by atoms with Crippen LogP contribution in [-0.4, -0.2) is 25.0 Å². The maximum absolute atomic E-state index is 11.7. The quantitative estimate of drug-likeness (QED) is 0.620. The average molecular weight is 251 g/mol. The molecule has 17 heavy (non-hydrogen) atoms. The molecule has 0 atom stereocenters. The molecule has 4 nitrogen and oxygen atoms in total. The highest BCUT2D eigenvalue weighted by Gasteiger charge is 2.27. The Hall–Kier alpha value is -1.47. The van der Waals surface area contributed by atoms with Crippen LogP contribution in [0, 0.1) is 0 Å². The van der Waals surface area contributed by atoms with E-state index in [-0.39, 0.29) is 12.3 Å². The number of hydrogen-bond donors (Lipinski definition) is 2. The standard InChI is InChI=1S/C10H12F3NO3/c1-16-8-3-2-7(9(15)4-8)5-14-17-6-10(11,12)13/h2-4,14-15H,5-6H2,1H3. The van der Waals surface area contributed by atoms with Gasteiger partial charge in [0.05, 0.1) is 7.11 Å². The molecule has 0 fully saturated rings. The third-order valence-electron chi connectivity index (χ3n) is 1.89. The number of halogens is 3. The highest BCUT2D eigenvalue weighted by Crippen LogP contribution is 2.23. The minimum atomic E-state index is -4.38. The highest BCUT2D eigenvalue weighted by molar-refractivity contribution is 5.39. The number of alkyl halides is 3. The molecule has 0 unspecified atom stereocenters. The molecule has 0 saturated heterocycles. The van der Waals surface area contributed by atoms with Crippen molar-refractivity contribution in [1.29, 1.82) is 0 Å². The Kier molecular flexibility index (Phi) is 4.59. The molecule has 1 rings (SSSR count). The number of benzene rings is 1. The van der Waals surface area contributed by atoms with E-state index in [1.165, 1.54) is 19.2 Å². The molecule has 0 aliphatic rings. The molecular weight excluding hydrogens is 239 g/mol. The van der Waals surface area contributed by atoms with Crippen molar-refractivity contribution >= 4 is 0 Å². The highest BCUT2D eigenvalue weighted by atomic mass is 19.4. The van der Waals surface area contributed by atoms with Gasteiger partial charge in [-0.3, -0.25) is 4.84 Å². The van der Waals surface area contributed by atoms with Gasteiger partial charge in [-0.1, -0.05) is 6.07 Å². The van der Waals surface area contributed by atoms with Crippen molar-refractivity contribution in [2.75, 3.05) is 13.7 Å². The lowest BCUT2D eigenvalue weighted by atomic mass is 10.2. The summed E-state index contributed by atoms with van der Waals surface area (Å²) in [6, 6.07) is 4.47. The molecule has 0 heterocycles. The maximum Gasteiger partial charge on any atom is 0.413 e. The van der Waals surface area contributed by atoms with Gasteiger partial charge in [0.15, 0.2) is 6.61 Å². The van der Waals surface area contributed by atoms with E-state index in [2.05, 4.69) is 10.3 Å². The number of hydroxylamine groups is 1. The number of hydrogen-bond acceptors (Lipinski definition) is 4. The minimum absolute atomic E-state index is 0.0358. The number of rotatable bonds is 5. The summed E-state index contributed by atoms with van der Waals surface area (Å²) in [5.74, 6) is 0.384. The molecule has 0 aromatic heterocycles. The SMILES string of the molecule is COc1ccc(CNOCC(F)(F)F)c(O)c1. The van der Waals surface area contributed by atoms with E-state index in [9.17, 15) is 18.3 Å². The van der Waals surface area contributed by atoms with Crippen molar-refractivity contribution in [2.24, 2.45) is 0 Å². The lowest BCUT2D eigenvalue weighted by molar-refractivity contribution is -0.190. The van der Waals surface area contributed by atoms with E-state index in [1.807, 2.05) is 0 Å². The molecule has 0 amide bonds. The Morgan fingerprint density at radius 3 is 2.59 bits per heavy atom. The van der Waals surface area contributed by atoms with Crippen LogP contribution in [0.1, 0.15) is 5.56 Å². The molecule has 96 valence electrons. The molecule has 2 N–H and O–H groups in total. The molecule has 7 heteroatoms. The van der Waals surface area contributed by atoms with Crippen LogP contribution < -0.4 is 10.2 Å². The smallest absolute Gasteiger partial charge is 0.413 e. The van der Waals surface area contributed by atoms with Crippen molar-refractivity contribution < 1.29 is 27.9 Å². The fourth-order valence-corrected chi connectivity index (χ4v) is 1.08. The summed E-state index contributed by atoms with van der Waals surface area (Å²) in [5.41, 5.74) is 2.53. The lowest BCUT2D eigenvalue weighted by Gasteiger charge is -2.10. The fraction of sp³-hybridized carbons (Fsp3) is 0.400. The summed E-state index contributed by atoms with van der Waals surface area (Å²) in [4.78, 5) is 4.20. The number of aromatic hydroxyl groups is 1.